The summed E-state index contributed by atoms with van der Waals surface area (Å²) in [4.78, 5) is 52.0. The molecule has 4 atom stereocenters. The Labute approximate surface area is 237 Å². The summed E-state index contributed by atoms with van der Waals surface area (Å²) >= 11 is 13.2. The summed E-state index contributed by atoms with van der Waals surface area (Å²) in [5.74, 6) is -3.14. The number of hydrogen-bond acceptors (Lipinski definition) is 7. The minimum absolute atomic E-state index is 0.0476. The van der Waals surface area contributed by atoms with E-state index in [0.29, 0.717) is 21.2 Å². The summed E-state index contributed by atoms with van der Waals surface area (Å²) in [6, 6.07) is 6.87. The number of phenols is 1. The van der Waals surface area contributed by atoms with Gasteiger partial charge in [-0.3, -0.25) is 19.8 Å². The Morgan fingerprint density at radius 3 is 2.33 bits per heavy atom. The number of amides is 3. The van der Waals surface area contributed by atoms with Crippen molar-refractivity contribution in [2.24, 2.45) is 0 Å². The van der Waals surface area contributed by atoms with Crippen molar-refractivity contribution in [3.05, 3.63) is 63.6 Å². The van der Waals surface area contributed by atoms with Crippen LogP contribution in [0, 0.1) is 5.41 Å². The zero-order valence-corrected chi connectivity index (χ0v) is 23.0. The molecule has 2 aliphatic rings. The van der Waals surface area contributed by atoms with E-state index in [4.69, 9.17) is 28.6 Å². The van der Waals surface area contributed by atoms with Gasteiger partial charge in [0.25, 0.3) is 0 Å². The lowest BCUT2D eigenvalue weighted by molar-refractivity contribution is -0.161. The van der Waals surface area contributed by atoms with E-state index < -0.39 is 51.9 Å². The molecule has 0 spiro atoms. The number of amidine groups is 1. The number of rotatable bonds is 8. The number of carbonyl (C=O) groups is 4. The largest absolute Gasteiger partial charge is 0.508 e. The fourth-order valence-electron chi connectivity index (χ4n) is 4.53. The van der Waals surface area contributed by atoms with Gasteiger partial charge in [-0.1, -0.05) is 35.3 Å². The van der Waals surface area contributed by atoms with Gasteiger partial charge in [0, 0.05) is 20.4 Å². The van der Waals surface area contributed by atoms with E-state index in [1.54, 1.807) is 13.8 Å². The van der Waals surface area contributed by atoms with E-state index in [0.717, 1.165) is 0 Å². The maximum Gasteiger partial charge on any atom is 0.327 e. The number of nitrogens with one attached hydrogen (secondary N) is 4. The van der Waals surface area contributed by atoms with Gasteiger partial charge in [0.15, 0.2) is 0 Å². The second-order valence-electron chi connectivity index (χ2n) is 9.56. The standard InChI is InChI=1S/C25H25Cl2N5O6S/c1-25(2)19(24(37)38)32-22(36)18(23(32)39-25)31-21(35)17(11-3-5-15(33)6-4-11)30-16(34)10-29-20(28)12-7-13(26)9-14(27)8-12/h3-9,17-19,23,33H,10H2,1-2H3,(H2,28,29)(H,30,34)(H,31,35)(H,37,38)/t17?,18-,19+,23-/m1/s1. The lowest BCUT2D eigenvalue weighted by Gasteiger charge is -2.44. The smallest absolute Gasteiger partial charge is 0.327 e. The zero-order valence-electron chi connectivity index (χ0n) is 20.7. The van der Waals surface area contributed by atoms with E-state index in [-0.39, 0.29) is 18.1 Å². The molecule has 11 nitrogen and oxygen atoms in total. The molecule has 3 amide bonds. The van der Waals surface area contributed by atoms with Crippen LogP contribution in [0.25, 0.3) is 0 Å². The van der Waals surface area contributed by atoms with Crippen LogP contribution in [0.15, 0.2) is 42.5 Å². The van der Waals surface area contributed by atoms with Crippen LogP contribution in [-0.2, 0) is 19.2 Å². The van der Waals surface area contributed by atoms with Crippen LogP contribution in [0.4, 0.5) is 0 Å². The lowest BCUT2D eigenvalue weighted by atomic mass is 9.95. The Balaban J connectivity index is 1.45. The SMILES string of the molecule is CC1(C)S[C@@H]2[C@H](NC(=O)C(NC(=O)CNC(=N)c3cc(Cl)cc(Cl)c3)c3ccc(O)cc3)C(=O)N2[C@H]1C(=O)O. The Kier molecular flexibility index (Phi) is 8.01. The minimum Gasteiger partial charge on any atom is -0.508 e. The van der Waals surface area contributed by atoms with Crippen molar-refractivity contribution in [2.75, 3.05) is 6.54 Å². The number of carbonyl (C=O) groups excluding carboxylic acids is 3. The summed E-state index contributed by atoms with van der Waals surface area (Å²) in [6.45, 7) is 3.08. The van der Waals surface area contributed by atoms with Crippen LogP contribution in [0.3, 0.4) is 0 Å². The Morgan fingerprint density at radius 2 is 1.74 bits per heavy atom. The van der Waals surface area contributed by atoms with Crippen LogP contribution < -0.4 is 16.0 Å². The average molecular weight is 594 g/mol. The Bertz CT molecular complexity index is 1330. The summed E-state index contributed by atoms with van der Waals surface area (Å²) in [6.07, 6.45) is 0. The van der Waals surface area contributed by atoms with E-state index in [9.17, 15) is 29.4 Å². The van der Waals surface area contributed by atoms with Gasteiger partial charge in [0.1, 0.15) is 35.1 Å². The molecule has 0 aromatic heterocycles. The maximum absolute atomic E-state index is 13.3. The first-order valence-corrected chi connectivity index (χ1v) is 13.3. The number of aliphatic carboxylic acids is 1. The van der Waals surface area contributed by atoms with Gasteiger partial charge in [-0.15, -0.1) is 11.8 Å². The molecule has 14 heteroatoms. The van der Waals surface area contributed by atoms with Gasteiger partial charge in [0.2, 0.25) is 17.7 Å². The third-order valence-corrected chi connectivity index (χ3v) is 8.35. The molecule has 2 aliphatic heterocycles. The Morgan fingerprint density at radius 1 is 1.13 bits per heavy atom. The maximum atomic E-state index is 13.3. The highest BCUT2D eigenvalue weighted by Gasteiger charge is 2.64. The van der Waals surface area contributed by atoms with Gasteiger partial charge in [-0.25, -0.2) is 4.79 Å². The highest BCUT2D eigenvalue weighted by Crippen LogP contribution is 2.50. The molecule has 2 saturated heterocycles. The van der Waals surface area contributed by atoms with Crippen molar-refractivity contribution >= 4 is 64.5 Å². The number of carboxylic acids is 1. The number of nitrogens with zero attached hydrogens (tertiary/aromatic N) is 1. The fraction of sp³-hybridized carbons (Fsp3) is 0.320. The number of fused-ring (bicyclic) bond motifs is 1. The third-order valence-electron chi connectivity index (χ3n) is 6.34. The van der Waals surface area contributed by atoms with Crippen LogP contribution in [0.2, 0.25) is 10.0 Å². The number of benzene rings is 2. The number of thioether (sulfide) groups is 1. The normalized spacial score (nSPS) is 21.8. The van der Waals surface area contributed by atoms with E-state index in [1.165, 1.54) is 59.1 Å². The second kappa shape index (κ2) is 10.9. The van der Waals surface area contributed by atoms with Gasteiger partial charge in [-0.05, 0) is 49.7 Å². The first kappa shape index (κ1) is 28.5. The molecule has 6 N–H and O–H groups in total. The van der Waals surface area contributed by atoms with Crippen molar-refractivity contribution in [3.63, 3.8) is 0 Å². The molecule has 0 bridgehead atoms. The van der Waals surface area contributed by atoms with E-state index in [1.807, 2.05) is 0 Å². The van der Waals surface area contributed by atoms with Crippen LogP contribution >= 0.6 is 35.0 Å². The molecular formula is C25H25Cl2N5O6S. The molecule has 0 aliphatic carbocycles. The van der Waals surface area contributed by atoms with Crippen molar-refractivity contribution in [3.8, 4) is 5.75 Å². The molecule has 4 rings (SSSR count). The molecule has 0 saturated carbocycles. The quantitative estimate of drug-likeness (QED) is 0.153. The number of β-lactam (4-membered cyclic amide) rings is 1. The van der Waals surface area contributed by atoms with Crippen LogP contribution in [-0.4, -0.2) is 73.4 Å². The summed E-state index contributed by atoms with van der Waals surface area (Å²) in [5.41, 5.74) is 0.694. The molecule has 2 aromatic carbocycles. The van der Waals surface area contributed by atoms with E-state index in [2.05, 4.69) is 16.0 Å². The minimum atomic E-state index is -1.24. The zero-order chi connectivity index (χ0) is 28.6. The molecule has 0 radical (unpaired) electrons. The highest BCUT2D eigenvalue weighted by atomic mass is 35.5. The predicted octanol–water partition coefficient (Wildman–Crippen LogP) is 2.10. The fourth-order valence-corrected chi connectivity index (χ4v) is 6.68. The number of halogens is 2. The summed E-state index contributed by atoms with van der Waals surface area (Å²) in [5, 5.41) is 35.4. The third kappa shape index (κ3) is 5.92. The summed E-state index contributed by atoms with van der Waals surface area (Å²) in [7, 11) is 0. The first-order chi connectivity index (χ1) is 18.3. The molecular weight excluding hydrogens is 569 g/mol. The summed E-state index contributed by atoms with van der Waals surface area (Å²) < 4.78 is -0.764. The molecule has 2 aromatic rings. The molecule has 39 heavy (non-hydrogen) atoms. The van der Waals surface area contributed by atoms with Gasteiger partial charge in [-0.2, -0.15) is 0 Å². The highest BCUT2D eigenvalue weighted by molar-refractivity contribution is 8.01. The number of aromatic hydroxyl groups is 1. The Hall–Kier alpha value is -3.48. The van der Waals surface area contributed by atoms with Crippen molar-refractivity contribution in [1.82, 2.24) is 20.9 Å². The number of hydrogen-bond donors (Lipinski definition) is 6. The average Bonchev–Trinajstić information content (AvgIpc) is 3.12. The van der Waals surface area contributed by atoms with Crippen LogP contribution in [0.5, 0.6) is 5.75 Å². The monoisotopic (exact) mass is 593 g/mol. The van der Waals surface area contributed by atoms with Crippen LogP contribution in [0.1, 0.15) is 31.0 Å². The molecule has 2 fully saturated rings. The molecule has 206 valence electrons. The number of carboxylic acid groups (broad SMARTS) is 1. The van der Waals surface area contributed by atoms with Crippen molar-refractivity contribution in [1.29, 1.82) is 5.41 Å². The van der Waals surface area contributed by atoms with Gasteiger partial charge >= 0.3 is 5.97 Å². The van der Waals surface area contributed by atoms with E-state index >= 15 is 0 Å². The van der Waals surface area contributed by atoms with Crippen molar-refractivity contribution < 1.29 is 29.4 Å². The topological polar surface area (TPSA) is 172 Å². The van der Waals surface area contributed by atoms with Gasteiger partial charge < -0.3 is 31.1 Å². The molecule has 2 heterocycles. The second-order valence-corrected chi connectivity index (χ2v) is 12.2. The first-order valence-electron chi connectivity index (χ1n) is 11.7. The van der Waals surface area contributed by atoms with Crippen molar-refractivity contribution in [2.45, 2.75) is 42.1 Å². The lowest BCUT2D eigenvalue weighted by Crippen LogP contribution is -2.71. The number of phenolic OH excluding ortho intramolecular Hbond substituents is 1. The molecule has 1 unspecified atom stereocenters. The predicted molar refractivity (Wildman–Crippen MR) is 146 cm³/mol. The van der Waals surface area contributed by atoms with Gasteiger partial charge in [0.05, 0.1) is 6.54 Å².